The molecule has 1 unspecified atom stereocenters. The highest BCUT2D eigenvalue weighted by atomic mass is 16.2. The van der Waals surface area contributed by atoms with Gasteiger partial charge < -0.3 is 5.32 Å². The Hall–Kier alpha value is -4.26. The first-order valence-electron chi connectivity index (χ1n) is 10.4. The summed E-state index contributed by atoms with van der Waals surface area (Å²) in [6.45, 7) is 5.04. The molecule has 1 aliphatic rings. The third-order valence-electron chi connectivity index (χ3n) is 5.48. The van der Waals surface area contributed by atoms with Gasteiger partial charge in [-0.3, -0.25) is 19.2 Å². The molecule has 0 aliphatic heterocycles. The molecule has 0 aromatic heterocycles. The summed E-state index contributed by atoms with van der Waals surface area (Å²) in [6, 6.07) is 15.4. The fourth-order valence-electron chi connectivity index (χ4n) is 3.80. The number of benzene rings is 3. The first-order chi connectivity index (χ1) is 15.8. The van der Waals surface area contributed by atoms with Gasteiger partial charge >= 0.3 is 0 Å². The predicted octanol–water partition coefficient (Wildman–Crippen LogP) is 4.76. The summed E-state index contributed by atoms with van der Waals surface area (Å²) in [4.78, 5) is 50.9. The fourth-order valence-corrected chi connectivity index (χ4v) is 3.80. The van der Waals surface area contributed by atoms with E-state index in [0.717, 1.165) is 11.1 Å². The molecule has 0 radical (unpaired) electrons. The number of azo groups is 1. The highest BCUT2D eigenvalue weighted by Gasteiger charge is 2.32. The summed E-state index contributed by atoms with van der Waals surface area (Å²) < 4.78 is 0. The molecule has 7 nitrogen and oxygen atoms in total. The zero-order valence-electron chi connectivity index (χ0n) is 18.4. The average Bonchev–Trinajstić information content (AvgIpc) is 2.79. The molecule has 0 fully saturated rings. The Morgan fingerprint density at radius 2 is 1.52 bits per heavy atom. The monoisotopic (exact) mass is 439 g/mol. The van der Waals surface area contributed by atoms with E-state index in [1.54, 1.807) is 42.5 Å². The highest BCUT2D eigenvalue weighted by molar-refractivity contribution is 6.30. The molecule has 0 bridgehead atoms. The Balaban J connectivity index is 1.66. The smallest absolute Gasteiger partial charge is 0.258 e. The van der Waals surface area contributed by atoms with Gasteiger partial charge in [-0.15, -0.1) is 0 Å². The van der Waals surface area contributed by atoms with Crippen molar-refractivity contribution in [3.63, 3.8) is 0 Å². The average molecular weight is 439 g/mol. The van der Waals surface area contributed by atoms with E-state index >= 15 is 0 Å². The van der Waals surface area contributed by atoms with Crippen LogP contribution in [0.5, 0.6) is 0 Å². The van der Waals surface area contributed by atoms with Crippen LogP contribution in [-0.4, -0.2) is 29.3 Å². The summed E-state index contributed by atoms with van der Waals surface area (Å²) in [7, 11) is 0. The number of nitrogens with zero attached hydrogens (tertiary/aromatic N) is 2. The number of Topliss-reactive ketones (excluding diaryl/α,β-unsaturated/α-hetero) is 1. The lowest BCUT2D eigenvalue weighted by Crippen LogP contribution is -2.32. The molecule has 0 heterocycles. The van der Waals surface area contributed by atoms with Crippen LogP contribution in [0.1, 0.15) is 49.9 Å². The lowest BCUT2D eigenvalue weighted by molar-refractivity contribution is -0.126. The largest absolute Gasteiger partial charge is 0.324 e. The van der Waals surface area contributed by atoms with E-state index in [9.17, 15) is 19.2 Å². The van der Waals surface area contributed by atoms with E-state index in [1.807, 2.05) is 26.0 Å². The van der Waals surface area contributed by atoms with Crippen molar-refractivity contribution < 1.29 is 19.2 Å². The van der Waals surface area contributed by atoms with Gasteiger partial charge in [0.2, 0.25) is 6.04 Å². The third-order valence-corrected chi connectivity index (χ3v) is 5.48. The molecule has 3 aromatic carbocycles. The van der Waals surface area contributed by atoms with E-state index in [0.29, 0.717) is 11.3 Å². The zero-order valence-corrected chi connectivity index (χ0v) is 18.4. The van der Waals surface area contributed by atoms with Crippen LogP contribution in [0.4, 0.5) is 11.4 Å². The number of ketones is 3. The van der Waals surface area contributed by atoms with Gasteiger partial charge in [0.1, 0.15) is 0 Å². The molecule has 4 rings (SSSR count). The van der Waals surface area contributed by atoms with Crippen LogP contribution in [0.2, 0.25) is 0 Å². The molecule has 1 aliphatic carbocycles. The molecule has 0 saturated heterocycles. The second-order valence-corrected chi connectivity index (χ2v) is 7.94. The lowest BCUT2D eigenvalue weighted by atomic mass is 9.83. The Kier molecular flexibility index (Phi) is 5.79. The first kappa shape index (κ1) is 22.0. The molecule has 1 amide bonds. The Morgan fingerprint density at radius 3 is 2.18 bits per heavy atom. The van der Waals surface area contributed by atoms with Crippen molar-refractivity contribution in [3.8, 4) is 0 Å². The Labute approximate surface area is 190 Å². The van der Waals surface area contributed by atoms with E-state index in [4.69, 9.17) is 0 Å². The molecule has 7 heteroatoms. The standard InChI is InChI=1S/C26H21N3O4/c1-14-11-12-20(15(2)13-14)27-26(33)23(16(3)30)29-28-21-10-6-9-19-22(21)25(32)18-8-5-4-7-17(18)24(19)31/h4-13,23H,1-3H3,(H,27,33). The number of nitrogens with one attached hydrogen (secondary N) is 1. The Bertz CT molecular complexity index is 1360. The van der Waals surface area contributed by atoms with E-state index in [2.05, 4.69) is 15.5 Å². The molecule has 1 N–H and O–H groups in total. The van der Waals surface area contributed by atoms with Gasteiger partial charge in [-0.25, -0.2) is 0 Å². The van der Waals surface area contributed by atoms with Crippen LogP contribution >= 0.6 is 0 Å². The van der Waals surface area contributed by atoms with Gasteiger partial charge in [-0.2, -0.15) is 10.2 Å². The highest BCUT2D eigenvalue weighted by Crippen LogP contribution is 2.33. The summed E-state index contributed by atoms with van der Waals surface area (Å²) >= 11 is 0. The van der Waals surface area contributed by atoms with Gasteiger partial charge in [0.25, 0.3) is 5.91 Å². The van der Waals surface area contributed by atoms with Crippen molar-refractivity contribution in [3.05, 3.63) is 94.0 Å². The number of aryl methyl sites for hydroxylation is 2. The number of hydrogen-bond acceptors (Lipinski definition) is 6. The Morgan fingerprint density at radius 1 is 0.848 bits per heavy atom. The van der Waals surface area contributed by atoms with Gasteiger partial charge in [-0.1, -0.05) is 54.1 Å². The molecule has 0 saturated carbocycles. The van der Waals surface area contributed by atoms with E-state index in [-0.39, 0.29) is 33.9 Å². The summed E-state index contributed by atoms with van der Waals surface area (Å²) in [5.74, 6) is -1.77. The first-order valence-corrected chi connectivity index (χ1v) is 10.4. The van der Waals surface area contributed by atoms with Crippen LogP contribution in [0, 0.1) is 13.8 Å². The number of amides is 1. The van der Waals surface area contributed by atoms with Crippen LogP contribution in [0.3, 0.4) is 0 Å². The molecule has 164 valence electrons. The molecule has 0 spiro atoms. The quantitative estimate of drug-likeness (QED) is 0.357. The third kappa shape index (κ3) is 4.13. The summed E-state index contributed by atoms with van der Waals surface area (Å²) in [6.07, 6.45) is 0. The maximum Gasteiger partial charge on any atom is 0.258 e. The number of rotatable bonds is 5. The van der Waals surface area contributed by atoms with Crippen molar-refractivity contribution in [1.29, 1.82) is 0 Å². The van der Waals surface area contributed by atoms with Gasteiger partial charge in [0, 0.05) is 22.4 Å². The summed E-state index contributed by atoms with van der Waals surface area (Å²) in [5.41, 5.74) is 3.54. The maximum absolute atomic E-state index is 13.1. The lowest BCUT2D eigenvalue weighted by Gasteiger charge is -2.18. The summed E-state index contributed by atoms with van der Waals surface area (Å²) in [5, 5.41) is 10.7. The minimum Gasteiger partial charge on any atom is -0.324 e. The van der Waals surface area contributed by atoms with Crippen LogP contribution in [-0.2, 0) is 9.59 Å². The van der Waals surface area contributed by atoms with Gasteiger partial charge in [0.05, 0.1) is 11.3 Å². The molecule has 33 heavy (non-hydrogen) atoms. The van der Waals surface area contributed by atoms with E-state index < -0.39 is 17.7 Å². The number of carbonyl (C=O) groups excluding carboxylic acids is 4. The molecular weight excluding hydrogens is 418 g/mol. The van der Waals surface area contributed by atoms with Crippen molar-refractivity contribution in [2.45, 2.75) is 26.8 Å². The fraction of sp³-hybridized carbons (Fsp3) is 0.154. The second kappa shape index (κ2) is 8.70. The number of fused-ring (bicyclic) bond motifs is 2. The van der Waals surface area contributed by atoms with Crippen LogP contribution in [0.15, 0.2) is 70.9 Å². The second-order valence-electron chi connectivity index (χ2n) is 7.94. The SMILES string of the molecule is CC(=O)C(N=Nc1cccc2c1C(=O)c1ccccc1C2=O)C(=O)Nc1ccc(C)cc1C. The number of hydrogen-bond donors (Lipinski definition) is 1. The van der Waals surface area contributed by atoms with Crippen molar-refractivity contribution in [2.24, 2.45) is 10.2 Å². The van der Waals surface area contributed by atoms with Crippen LogP contribution < -0.4 is 5.32 Å². The normalized spacial score (nSPS) is 13.4. The predicted molar refractivity (Wildman–Crippen MR) is 123 cm³/mol. The van der Waals surface area contributed by atoms with Crippen molar-refractivity contribution in [1.82, 2.24) is 0 Å². The molecule has 3 aromatic rings. The minimum atomic E-state index is -1.40. The number of carbonyl (C=O) groups is 4. The van der Waals surface area contributed by atoms with Crippen molar-refractivity contribution in [2.75, 3.05) is 5.32 Å². The van der Waals surface area contributed by atoms with Gasteiger partial charge in [0.15, 0.2) is 17.3 Å². The van der Waals surface area contributed by atoms with Gasteiger partial charge in [-0.05, 0) is 38.5 Å². The van der Waals surface area contributed by atoms with E-state index in [1.165, 1.54) is 13.0 Å². The zero-order chi connectivity index (χ0) is 23.7. The molecule has 1 atom stereocenters. The van der Waals surface area contributed by atoms with Crippen molar-refractivity contribution >= 4 is 34.6 Å². The van der Waals surface area contributed by atoms with Crippen LogP contribution in [0.25, 0.3) is 0 Å². The topological polar surface area (TPSA) is 105 Å². The minimum absolute atomic E-state index is 0.113. The number of anilines is 1. The maximum atomic E-state index is 13.1. The molecular formula is C26H21N3O4.